The summed E-state index contributed by atoms with van der Waals surface area (Å²) < 4.78 is 2.13. The van der Waals surface area contributed by atoms with Crippen LogP contribution in [0.3, 0.4) is 0 Å². The summed E-state index contributed by atoms with van der Waals surface area (Å²) in [6.45, 7) is 4.80. The van der Waals surface area contributed by atoms with Crippen molar-refractivity contribution in [1.82, 2.24) is 14.9 Å². The highest BCUT2D eigenvalue weighted by Crippen LogP contribution is 2.27. The summed E-state index contributed by atoms with van der Waals surface area (Å²) in [4.78, 5) is 22.8. The first-order chi connectivity index (χ1) is 13.2. The summed E-state index contributed by atoms with van der Waals surface area (Å²) >= 11 is 0. The van der Waals surface area contributed by atoms with Gasteiger partial charge in [0.25, 0.3) is 5.91 Å². The molecule has 1 aliphatic heterocycles. The molecule has 2 atom stereocenters. The maximum absolute atomic E-state index is 12.7. The van der Waals surface area contributed by atoms with Gasteiger partial charge in [0.2, 0.25) is 0 Å². The smallest absolute Gasteiger partial charge is 0.269 e. The van der Waals surface area contributed by atoms with E-state index in [1.165, 1.54) is 0 Å². The fourth-order valence-corrected chi connectivity index (χ4v) is 3.46. The number of imidazole rings is 1. The van der Waals surface area contributed by atoms with Gasteiger partial charge in [-0.25, -0.2) is 4.98 Å². The van der Waals surface area contributed by atoms with Crippen LogP contribution < -0.4 is 5.32 Å². The highest BCUT2D eigenvalue weighted by Gasteiger charge is 2.28. The first-order valence-electron chi connectivity index (χ1n) is 9.21. The summed E-state index contributed by atoms with van der Waals surface area (Å²) in [5, 5.41) is 7.02. The van der Waals surface area contributed by atoms with Gasteiger partial charge < -0.3 is 14.7 Å². The van der Waals surface area contributed by atoms with Gasteiger partial charge in [-0.05, 0) is 31.5 Å². The van der Waals surface area contributed by atoms with E-state index >= 15 is 0 Å². The van der Waals surface area contributed by atoms with Gasteiger partial charge in [-0.15, -0.1) is 0 Å². The van der Waals surface area contributed by atoms with Crippen LogP contribution in [0.2, 0.25) is 0 Å². The summed E-state index contributed by atoms with van der Waals surface area (Å²) in [5.41, 5.74) is 3.43. The second-order valence-corrected chi connectivity index (χ2v) is 6.64. The minimum Gasteiger partial charge on any atom is -0.387 e. The average Bonchev–Trinajstić information content (AvgIpc) is 3.33. The summed E-state index contributed by atoms with van der Waals surface area (Å²) in [7, 11) is 0. The molecule has 27 heavy (non-hydrogen) atoms. The molecule has 0 aliphatic carbocycles. The van der Waals surface area contributed by atoms with Gasteiger partial charge in [0, 0.05) is 13.0 Å². The number of hydrogen-bond acceptors (Lipinski definition) is 4. The van der Waals surface area contributed by atoms with Crippen LogP contribution >= 0.6 is 0 Å². The zero-order valence-corrected chi connectivity index (χ0v) is 15.4. The molecule has 2 unspecified atom stereocenters. The zero-order chi connectivity index (χ0) is 18.8. The lowest BCUT2D eigenvalue weighted by atomic mass is 10.0. The van der Waals surface area contributed by atoms with Crippen LogP contribution in [0.4, 0.5) is 0 Å². The van der Waals surface area contributed by atoms with E-state index in [0.717, 1.165) is 29.0 Å². The molecule has 0 saturated carbocycles. The summed E-state index contributed by atoms with van der Waals surface area (Å²) in [6.07, 6.45) is 0.259. The van der Waals surface area contributed by atoms with Gasteiger partial charge >= 0.3 is 0 Å². The van der Waals surface area contributed by atoms with Crippen LogP contribution in [0, 0.1) is 0 Å². The molecule has 4 rings (SSSR count). The second-order valence-electron chi connectivity index (χ2n) is 6.64. The van der Waals surface area contributed by atoms with Gasteiger partial charge in [-0.2, -0.15) is 0 Å². The molecule has 1 aliphatic rings. The quantitative estimate of drug-likeness (QED) is 0.751. The van der Waals surface area contributed by atoms with Crippen molar-refractivity contribution in [2.75, 3.05) is 0 Å². The Morgan fingerprint density at radius 3 is 2.74 bits per heavy atom. The van der Waals surface area contributed by atoms with Crippen molar-refractivity contribution < 1.29 is 9.63 Å². The first-order valence-corrected chi connectivity index (χ1v) is 9.21. The number of aryl methyl sites for hydroxylation is 1. The molecule has 6 nitrogen and oxygen atoms in total. The number of carbonyl (C=O) groups is 1. The Morgan fingerprint density at radius 1 is 1.22 bits per heavy atom. The molecular formula is C21H22N4O2. The second kappa shape index (κ2) is 7.23. The molecule has 0 bridgehead atoms. The lowest BCUT2D eigenvalue weighted by Gasteiger charge is -2.15. The lowest BCUT2D eigenvalue weighted by molar-refractivity contribution is -0.115. The predicted octanol–water partition coefficient (Wildman–Crippen LogP) is 3.75. The number of benzene rings is 2. The molecule has 138 valence electrons. The Balaban J connectivity index is 1.47. The fraction of sp³-hybridized carbons (Fsp3) is 0.286. The Labute approximate surface area is 157 Å². The number of para-hydroxylation sites is 2. The van der Waals surface area contributed by atoms with Crippen LogP contribution in [-0.2, 0) is 16.2 Å². The number of rotatable bonds is 5. The summed E-state index contributed by atoms with van der Waals surface area (Å²) in [5.74, 6) is 0.627. The normalized spacial score (nSPS) is 17.4. The number of hydrogen-bond donors (Lipinski definition) is 1. The average molecular weight is 362 g/mol. The van der Waals surface area contributed by atoms with Crippen molar-refractivity contribution in [2.24, 2.45) is 5.16 Å². The Morgan fingerprint density at radius 2 is 1.96 bits per heavy atom. The molecular weight excluding hydrogens is 340 g/mol. The Hall–Kier alpha value is -3.15. The molecule has 3 aromatic rings. The Bertz CT molecular complexity index is 994. The third-order valence-electron chi connectivity index (χ3n) is 4.84. The first kappa shape index (κ1) is 17.3. The van der Waals surface area contributed by atoms with E-state index < -0.39 is 0 Å². The molecule has 6 heteroatoms. The largest absolute Gasteiger partial charge is 0.387 e. The standard InChI is InChI=1S/C21H22N4O2/c1-3-25-18-12-8-7-11-16(18)23-20(25)14(2)22-21(26)17-13-19(27-24-17)15-9-5-4-6-10-15/h4-12,14,19H,3,13H2,1-2H3,(H,22,26). The van der Waals surface area contributed by atoms with E-state index in [0.29, 0.717) is 12.1 Å². The van der Waals surface area contributed by atoms with E-state index in [1.807, 2.05) is 61.5 Å². The van der Waals surface area contributed by atoms with Gasteiger partial charge in [0.15, 0.2) is 6.10 Å². The molecule has 0 fully saturated rings. The van der Waals surface area contributed by atoms with Crippen molar-refractivity contribution in [3.05, 3.63) is 66.0 Å². The zero-order valence-electron chi connectivity index (χ0n) is 15.4. The molecule has 0 saturated heterocycles. The van der Waals surface area contributed by atoms with Gasteiger partial charge in [0.05, 0.1) is 17.1 Å². The SMILES string of the molecule is CCn1c(C(C)NC(=O)C2=NOC(c3ccccc3)C2)nc2ccccc21. The van der Waals surface area contributed by atoms with Gasteiger partial charge in [-0.1, -0.05) is 47.6 Å². The molecule has 0 radical (unpaired) electrons. The minimum atomic E-state index is -0.233. The van der Waals surface area contributed by atoms with Crippen molar-refractivity contribution in [2.45, 2.75) is 39.0 Å². The number of nitrogens with zero attached hydrogens (tertiary/aromatic N) is 3. The van der Waals surface area contributed by atoms with Gasteiger partial charge in [0.1, 0.15) is 11.5 Å². The number of oxime groups is 1. The molecule has 1 N–H and O–H groups in total. The van der Waals surface area contributed by atoms with E-state index in [1.54, 1.807) is 0 Å². The molecule has 2 aromatic carbocycles. The van der Waals surface area contributed by atoms with E-state index in [-0.39, 0.29) is 18.1 Å². The van der Waals surface area contributed by atoms with E-state index in [4.69, 9.17) is 9.82 Å². The monoisotopic (exact) mass is 362 g/mol. The van der Waals surface area contributed by atoms with Crippen molar-refractivity contribution in [1.29, 1.82) is 0 Å². The van der Waals surface area contributed by atoms with Crippen LogP contribution in [0.25, 0.3) is 11.0 Å². The minimum absolute atomic E-state index is 0.206. The highest BCUT2D eigenvalue weighted by molar-refractivity contribution is 6.39. The van der Waals surface area contributed by atoms with Crippen LogP contribution in [0.15, 0.2) is 59.8 Å². The van der Waals surface area contributed by atoms with Gasteiger partial charge in [-0.3, -0.25) is 4.79 Å². The molecule has 0 spiro atoms. The van der Waals surface area contributed by atoms with Crippen molar-refractivity contribution in [3.8, 4) is 0 Å². The van der Waals surface area contributed by atoms with Crippen LogP contribution in [0.5, 0.6) is 0 Å². The number of carbonyl (C=O) groups excluding carboxylic acids is 1. The number of amides is 1. The third kappa shape index (κ3) is 3.30. The molecule has 2 heterocycles. The number of aromatic nitrogens is 2. The molecule has 1 aromatic heterocycles. The maximum atomic E-state index is 12.7. The third-order valence-corrected chi connectivity index (χ3v) is 4.84. The maximum Gasteiger partial charge on any atom is 0.269 e. The Kier molecular flexibility index (Phi) is 4.62. The lowest BCUT2D eigenvalue weighted by Crippen LogP contribution is -2.33. The number of nitrogens with one attached hydrogen (secondary N) is 1. The van der Waals surface area contributed by atoms with Crippen LogP contribution in [0.1, 0.15) is 43.8 Å². The highest BCUT2D eigenvalue weighted by atomic mass is 16.6. The predicted molar refractivity (Wildman–Crippen MR) is 104 cm³/mol. The fourth-order valence-electron chi connectivity index (χ4n) is 3.46. The van der Waals surface area contributed by atoms with Crippen LogP contribution in [-0.4, -0.2) is 21.2 Å². The van der Waals surface area contributed by atoms with E-state index in [2.05, 4.69) is 22.0 Å². The molecule has 1 amide bonds. The summed E-state index contributed by atoms with van der Waals surface area (Å²) in [6, 6.07) is 17.6. The van der Waals surface area contributed by atoms with Crippen molar-refractivity contribution >= 4 is 22.7 Å². The van der Waals surface area contributed by atoms with E-state index in [9.17, 15) is 4.79 Å². The van der Waals surface area contributed by atoms with Crippen molar-refractivity contribution in [3.63, 3.8) is 0 Å². The number of fused-ring (bicyclic) bond motifs is 1. The topological polar surface area (TPSA) is 68.5 Å².